The van der Waals surface area contributed by atoms with Gasteiger partial charge in [0.15, 0.2) is 5.75 Å². The fourth-order valence-electron chi connectivity index (χ4n) is 3.40. The minimum atomic E-state index is -2.05. The number of halogens is 4. The molecule has 0 saturated heterocycles. The van der Waals surface area contributed by atoms with Crippen LogP contribution < -0.4 is 4.52 Å². The molecule has 2 aromatic carbocycles. The molecule has 0 spiro atoms. The number of aromatic hydroxyl groups is 1. The van der Waals surface area contributed by atoms with Crippen LogP contribution in [0.3, 0.4) is 0 Å². The number of hydrogen-bond donors (Lipinski definition) is 2. The van der Waals surface area contributed by atoms with Crippen molar-refractivity contribution in [1.29, 1.82) is 0 Å². The van der Waals surface area contributed by atoms with Gasteiger partial charge in [0.05, 0.1) is 24.5 Å². The molecule has 4 nitrogen and oxygen atoms in total. The second-order valence-corrected chi connectivity index (χ2v) is 12.3. The summed E-state index contributed by atoms with van der Waals surface area (Å²) >= 11 is 14.1. The van der Waals surface area contributed by atoms with Crippen molar-refractivity contribution in [2.24, 2.45) is 0 Å². The topological polar surface area (TPSA) is 58.9 Å². The maximum atomic E-state index is 10.4. The van der Waals surface area contributed by atoms with Crippen LogP contribution in [0, 0.1) is 0 Å². The Balaban J connectivity index is 2.14. The highest BCUT2D eigenvalue weighted by Gasteiger charge is 2.31. The Morgan fingerprint density at radius 1 is 0.844 bits per heavy atom. The molecule has 1 atom stereocenters. The van der Waals surface area contributed by atoms with Gasteiger partial charge >= 0.3 is 8.60 Å². The van der Waals surface area contributed by atoms with E-state index >= 15 is 0 Å². The molecule has 9 heteroatoms. The zero-order valence-electron chi connectivity index (χ0n) is 18.4. The molecule has 2 N–H and O–H groups in total. The molecule has 0 aliphatic carbocycles. The van der Waals surface area contributed by atoms with Gasteiger partial charge in [-0.3, -0.25) is 0 Å². The van der Waals surface area contributed by atoms with E-state index in [1.54, 1.807) is 0 Å². The fraction of sp³-hybridized carbons (Fsp3) is 0.478. The van der Waals surface area contributed by atoms with E-state index in [1.807, 2.05) is 24.3 Å². The van der Waals surface area contributed by atoms with E-state index in [0.29, 0.717) is 25.8 Å². The van der Waals surface area contributed by atoms with Crippen molar-refractivity contribution >= 4 is 72.3 Å². The highest BCUT2D eigenvalue weighted by molar-refractivity contribution is 9.11. The predicted molar refractivity (Wildman–Crippen MR) is 147 cm³/mol. The standard InChI is InChI=1S/C23H29Br4O4P/c1-4-5-6-7-8-9-14-30-32(29)31-22-18(25)13-11-16(20(22)27)23(2,3)15-10-12-17(24)21(28)19(15)26/h10-13,28-29H,4-9,14H2,1-3H3. The Hall–Kier alpha value is 0.310. The Labute approximate surface area is 226 Å². The van der Waals surface area contributed by atoms with Gasteiger partial charge in [0.1, 0.15) is 5.75 Å². The molecule has 0 aliphatic heterocycles. The molecule has 0 aliphatic rings. The minimum absolute atomic E-state index is 0.155. The number of benzene rings is 2. The van der Waals surface area contributed by atoms with Crippen molar-refractivity contribution < 1.29 is 19.0 Å². The van der Waals surface area contributed by atoms with E-state index in [-0.39, 0.29) is 5.75 Å². The first kappa shape index (κ1) is 28.5. The van der Waals surface area contributed by atoms with E-state index in [4.69, 9.17) is 9.05 Å². The molecular weight excluding hydrogens is 691 g/mol. The van der Waals surface area contributed by atoms with Gasteiger partial charge < -0.3 is 19.0 Å². The lowest BCUT2D eigenvalue weighted by atomic mass is 9.78. The predicted octanol–water partition coefficient (Wildman–Crippen LogP) is 9.74. The van der Waals surface area contributed by atoms with E-state index in [9.17, 15) is 10.00 Å². The first-order valence-electron chi connectivity index (χ1n) is 10.6. The van der Waals surface area contributed by atoms with Gasteiger partial charge in [-0.1, -0.05) is 65.0 Å². The van der Waals surface area contributed by atoms with E-state index in [2.05, 4.69) is 84.5 Å². The number of phenolic OH excluding ortho intramolecular Hbond substituents is 1. The maximum Gasteiger partial charge on any atom is 0.394 e. The van der Waals surface area contributed by atoms with Crippen LogP contribution in [0.15, 0.2) is 42.2 Å². The summed E-state index contributed by atoms with van der Waals surface area (Å²) in [6.45, 7) is 6.80. The van der Waals surface area contributed by atoms with Crippen LogP contribution in [0.2, 0.25) is 0 Å². The van der Waals surface area contributed by atoms with Crippen LogP contribution in [0.1, 0.15) is 70.4 Å². The average Bonchev–Trinajstić information content (AvgIpc) is 2.74. The molecule has 2 rings (SSSR count). The molecular formula is C23H29Br4O4P. The van der Waals surface area contributed by atoms with Crippen molar-refractivity contribution in [2.75, 3.05) is 6.61 Å². The third-order valence-electron chi connectivity index (χ3n) is 5.33. The Bertz CT molecular complexity index is 908. The monoisotopic (exact) mass is 716 g/mol. The second kappa shape index (κ2) is 13.4. The summed E-state index contributed by atoms with van der Waals surface area (Å²) < 4.78 is 14.0. The minimum Gasteiger partial charge on any atom is -0.506 e. The van der Waals surface area contributed by atoms with E-state index < -0.39 is 14.0 Å². The lowest BCUT2D eigenvalue weighted by Crippen LogP contribution is -2.20. The van der Waals surface area contributed by atoms with Gasteiger partial charge in [0.2, 0.25) is 0 Å². The van der Waals surface area contributed by atoms with Crippen LogP contribution >= 0.6 is 72.3 Å². The molecule has 32 heavy (non-hydrogen) atoms. The van der Waals surface area contributed by atoms with Crippen LogP contribution in [0.5, 0.6) is 11.5 Å². The maximum absolute atomic E-state index is 10.4. The summed E-state index contributed by atoms with van der Waals surface area (Å²) in [5.74, 6) is 0.645. The lowest BCUT2D eigenvalue weighted by Gasteiger charge is -2.30. The second-order valence-electron chi connectivity index (χ2n) is 8.05. The largest absolute Gasteiger partial charge is 0.506 e. The summed E-state index contributed by atoms with van der Waals surface area (Å²) in [4.78, 5) is 10.3. The van der Waals surface area contributed by atoms with Crippen molar-refractivity contribution in [3.8, 4) is 11.5 Å². The van der Waals surface area contributed by atoms with Gasteiger partial charge in [0, 0.05) is 5.41 Å². The first-order chi connectivity index (χ1) is 15.1. The Kier molecular flexibility index (Phi) is 12.0. The summed E-state index contributed by atoms with van der Waals surface area (Å²) in [6.07, 6.45) is 6.93. The van der Waals surface area contributed by atoms with Crippen molar-refractivity contribution in [1.82, 2.24) is 0 Å². The molecule has 0 fully saturated rings. The highest BCUT2D eigenvalue weighted by atomic mass is 79.9. The third kappa shape index (κ3) is 7.40. The molecule has 1 unspecified atom stereocenters. The van der Waals surface area contributed by atoms with Crippen LogP contribution in [-0.4, -0.2) is 16.6 Å². The van der Waals surface area contributed by atoms with Crippen molar-refractivity contribution in [2.45, 2.75) is 64.7 Å². The van der Waals surface area contributed by atoms with Crippen molar-refractivity contribution in [3.05, 3.63) is 53.3 Å². The summed E-state index contributed by atoms with van der Waals surface area (Å²) in [5, 5.41) is 10.4. The number of rotatable bonds is 12. The third-order valence-corrected chi connectivity index (χ3v) is 8.93. The quantitative estimate of drug-likeness (QED) is 0.170. The number of phenols is 1. The summed E-state index contributed by atoms with van der Waals surface area (Å²) in [7, 11) is -2.05. The SMILES string of the molecule is CCCCCCCCOP(O)Oc1c(Br)ccc(C(C)(C)c2ccc(Br)c(O)c2Br)c1Br. The number of unbranched alkanes of at least 4 members (excludes halogenated alkanes) is 5. The average molecular weight is 720 g/mol. The lowest BCUT2D eigenvalue weighted by molar-refractivity contribution is 0.252. The molecule has 0 aromatic heterocycles. The Morgan fingerprint density at radius 3 is 2.06 bits per heavy atom. The van der Waals surface area contributed by atoms with Crippen molar-refractivity contribution in [3.63, 3.8) is 0 Å². The molecule has 0 bridgehead atoms. The normalized spacial score (nSPS) is 12.8. The van der Waals surface area contributed by atoms with Gasteiger partial charge in [-0.25, -0.2) is 0 Å². The van der Waals surface area contributed by atoms with Crippen LogP contribution in [0.25, 0.3) is 0 Å². The molecule has 0 heterocycles. The zero-order valence-corrected chi connectivity index (χ0v) is 25.7. The Morgan fingerprint density at radius 2 is 1.41 bits per heavy atom. The zero-order chi connectivity index (χ0) is 23.9. The van der Waals surface area contributed by atoms with E-state index in [0.717, 1.165) is 28.4 Å². The van der Waals surface area contributed by atoms with Gasteiger partial charge in [-0.05, 0) is 93.4 Å². The summed E-state index contributed by atoms with van der Waals surface area (Å²) in [6, 6.07) is 7.67. The number of hydrogen-bond acceptors (Lipinski definition) is 4. The van der Waals surface area contributed by atoms with Gasteiger partial charge in [0.25, 0.3) is 0 Å². The molecule has 2 aromatic rings. The smallest absolute Gasteiger partial charge is 0.394 e. The fourth-order valence-corrected chi connectivity index (χ4v) is 7.37. The van der Waals surface area contributed by atoms with Crippen LogP contribution in [0.4, 0.5) is 0 Å². The first-order valence-corrected chi connectivity index (χ1v) is 14.9. The highest BCUT2D eigenvalue weighted by Crippen LogP contribution is 2.50. The molecule has 0 saturated carbocycles. The van der Waals surface area contributed by atoms with Gasteiger partial charge in [-0.2, -0.15) is 0 Å². The molecule has 0 amide bonds. The van der Waals surface area contributed by atoms with Crippen LogP contribution in [-0.2, 0) is 9.94 Å². The molecule has 178 valence electrons. The molecule has 0 radical (unpaired) electrons. The van der Waals surface area contributed by atoms with Gasteiger partial charge in [-0.15, -0.1) is 0 Å². The summed E-state index contributed by atoms with van der Waals surface area (Å²) in [5.41, 5.74) is 1.38. The van der Waals surface area contributed by atoms with E-state index in [1.165, 1.54) is 25.7 Å².